The molecule has 1 aliphatic carbocycles. The Morgan fingerprint density at radius 1 is 1.16 bits per heavy atom. The van der Waals surface area contributed by atoms with Crippen LogP contribution in [-0.2, 0) is 0 Å². The number of nitrogens with one attached hydrogen (secondary N) is 1. The second kappa shape index (κ2) is 8.43. The minimum absolute atomic E-state index is 0.259. The van der Waals surface area contributed by atoms with Gasteiger partial charge in [0.15, 0.2) is 11.6 Å². The zero-order chi connectivity index (χ0) is 21.4. The summed E-state index contributed by atoms with van der Waals surface area (Å²) in [7, 11) is 1.95. The van der Waals surface area contributed by atoms with Crippen molar-refractivity contribution in [1.29, 1.82) is 5.26 Å². The lowest BCUT2D eigenvalue weighted by Gasteiger charge is -2.47. The molecule has 7 heteroatoms. The van der Waals surface area contributed by atoms with Crippen LogP contribution in [0.15, 0.2) is 24.4 Å². The van der Waals surface area contributed by atoms with Gasteiger partial charge in [-0.05, 0) is 75.2 Å². The lowest BCUT2D eigenvalue weighted by Crippen LogP contribution is -2.56. The number of rotatable bonds is 5. The number of likely N-dealkylation sites (N-methyl/N-ethyl adjacent to an activating group) is 1. The van der Waals surface area contributed by atoms with Crippen molar-refractivity contribution in [2.24, 2.45) is 0 Å². The number of nitrogens with zero attached hydrogens (tertiary/aromatic N) is 5. The minimum Gasteiger partial charge on any atom is -0.353 e. The summed E-state index contributed by atoms with van der Waals surface area (Å²) in [6.45, 7) is 2.29. The Hall–Kier alpha value is -2.72. The number of aromatic nitrogens is 2. The number of halogens is 1. The van der Waals surface area contributed by atoms with Gasteiger partial charge in [-0.15, -0.1) is 0 Å². The van der Waals surface area contributed by atoms with Gasteiger partial charge in [0.25, 0.3) is 0 Å². The van der Waals surface area contributed by atoms with Gasteiger partial charge in [-0.25, -0.2) is 9.37 Å². The predicted molar refractivity (Wildman–Crippen MR) is 119 cm³/mol. The quantitative estimate of drug-likeness (QED) is 0.765. The fourth-order valence-electron chi connectivity index (χ4n) is 5.31. The van der Waals surface area contributed by atoms with E-state index in [0.29, 0.717) is 29.3 Å². The smallest absolute Gasteiger partial charge is 0.229 e. The predicted octanol–water partition coefficient (Wildman–Crippen LogP) is 4.56. The molecule has 3 heterocycles. The molecule has 5 rings (SSSR count). The number of benzene rings is 1. The van der Waals surface area contributed by atoms with Gasteiger partial charge >= 0.3 is 0 Å². The van der Waals surface area contributed by atoms with E-state index >= 15 is 0 Å². The number of piperidine rings is 2. The van der Waals surface area contributed by atoms with E-state index in [0.717, 1.165) is 56.4 Å². The summed E-state index contributed by atoms with van der Waals surface area (Å²) < 4.78 is 14.8. The van der Waals surface area contributed by atoms with Crippen molar-refractivity contribution < 1.29 is 4.39 Å². The van der Waals surface area contributed by atoms with Crippen molar-refractivity contribution in [1.82, 2.24) is 14.9 Å². The highest BCUT2D eigenvalue weighted by Gasteiger charge is 2.36. The third-order valence-electron chi connectivity index (χ3n) is 7.06. The van der Waals surface area contributed by atoms with Crippen LogP contribution in [0.1, 0.15) is 62.0 Å². The average Bonchev–Trinajstić information content (AvgIpc) is 3.65. The standard InChI is InChI=1S/C24H29FN6/c1-30(21-6-4-12-31-11-3-2-5-22(21)31)23-20(25)15-27-24(29-23)28-18-9-10-19(16-7-8-16)17(13-18)14-26/h9-10,13,15-16,21-22H,2-8,11-12H2,1H3,(H,27,28,29)/t21-,22+/m0/s1. The zero-order valence-electron chi connectivity index (χ0n) is 18.0. The first-order valence-corrected chi connectivity index (χ1v) is 11.4. The van der Waals surface area contributed by atoms with Gasteiger partial charge < -0.3 is 10.2 Å². The van der Waals surface area contributed by atoms with Crippen molar-refractivity contribution in [2.45, 2.75) is 62.9 Å². The first-order chi connectivity index (χ1) is 15.1. The molecule has 0 radical (unpaired) electrons. The van der Waals surface area contributed by atoms with Crippen LogP contribution < -0.4 is 10.2 Å². The largest absolute Gasteiger partial charge is 0.353 e. The Labute approximate surface area is 183 Å². The molecule has 2 saturated heterocycles. The van der Waals surface area contributed by atoms with Gasteiger partial charge in [-0.3, -0.25) is 4.90 Å². The fourth-order valence-corrected chi connectivity index (χ4v) is 5.31. The van der Waals surface area contributed by atoms with Gasteiger partial charge in [-0.2, -0.15) is 10.2 Å². The maximum Gasteiger partial charge on any atom is 0.229 e. The molecule has 2 atom stereocenters. The molecule has 3 aliphatic rings. The van der Waals surface area contributed by atoms with Crippen LogP contribution in [0.25, 0.3) is 0 Å². The molecule has 1 aromatic heterocycles. The van der Waals surface area contributed by atoms with Crippen LogP contribution in [0.4, 0.5) is 21.8 Å². The van der Waals surface area contributed by atoms with E-state index in [1.54, 1.807) is 0 Å². The highest BCUT2D eigenvalue weighted by Crippen LogP contribution is 2.42. The first kappa shape index (κ1) is 20.2. The first-order valence-electron chi connectivity index (χ1n) is 11.4. The van der Waals surface area contributed by atoms with Crippen molar-refractivity contribution in [3.05, 3.63) is 41.3 Å². The number of anilines is 3. The third-order valence-corrected chi connectivity index (χ3v) is 7.06. The summed E-state index contributed by atoms with van der Waals surface area (Å²) >= 11 is 0. The molecule has 31 heavy (non-hydrogen) atoms. The molecule has 162 valence electrons. The molecule has 3 fully saturated rings. The molecule has 2 aromatic rings. The normalized spacial score (nSPS) is 23.6. The molecule has 1 N–H and O–H groups in total. The number of hydrogen-bond donors (Lipinski definition) is 1. The maximum absolute atomic E-state index is 14.8. The van der Waals surface area contributed by atoms with Crippen LogP contribution in [0, 0.1) is 17.1 Å². The second-order valence-corrected chi connectivity index (χ2v) is 9.10. The molecule has 1 saturated carbocycles. The third kappa shape index (κ3) is 4.09. The summed E-state index contributed by atoms with van der Waals surface area (Å²) in [4.78, 5) is 13.3. The summed E-state index contributed by atoms with van der Waals surface area (Å²) in [5, 5.41) is 12.7. The Balaban J connectivity index is 1.37. The number of fused-ring (bicyclic) bond motifs is 1. The van der Waals surface area contributed by atoms with Crippen LogP contribution in [0.3, 0.4) is 0 Å². The SMILES string of the molecule is CN(c1nc(Nc2ccc(C3CC3)c(C#N)c2)ncc1F)[C@H]1CCCN2CCCC[C@H]12. The Morgan fingerprint density at radius 2 is 2.00 bits per heavy atom. The minimum atomic E-state index is -0.400. The van der Waals surface area contributed by atoms with E-state index in [1.807, 2.05) is 30.1 Å². The molecule has 1 aromatic carbocycles. The molecule has 0 bridgehead atoms. The lowest BCUT2D eigenvalue weighted by molar-refractivity contribution is 0.0891. The van der Waals surface area contributed by atoms with Crippen LogP contribution in [0.5, 0.6) is 0 Å². The monoisotopic (exact) mass is 420 g/mol. The number of hydrogen-bond acceptors (Lipinski definition) is 6. The van der Waals surface area contributed by atoms with Crippen LogP contribution >= 0.6 is 0 Å². The van der Waals surface area contributed by atoms with E-state index in [4.69, 9.17) is 0 Å². The molecule has 2 aliphatic heterocycles. The molecule has 6 nitrogen and oxygen atoms in total. The van der Waals surface area contributed by atoms with Crippen molar-refractivity contribution in [2.75, 3.05) is 30.4 Å². The van der Waals surface area contributed by atoms with Gasteiger partial charge in [-0.1, -0.05) is 12.5 Å². The van der Waals surface area contributed by atoms with E-state index in [2.05, 4.69) is 26.3 Å². The van der Waals surface area contributed by atoms with E-state index in [-0.39, 0.29) is 6.04 Å². The molecular formula is C24H29FN6. The molecule has 0 unspecified atom stereocenters. The van der Waals surface area contributed by atoms with E-state index in [9.17, 15) is 9.65 Å². The highest BCUT2D eigenvalue weighted by molar-refractivity contribution is 5.60. The zero-order valence-corrected chi connectivity index (χ0v) is 18.0. The summed E-state index contributed by atoms with van der Waals surface area (Å²) in [5.74, 6) is 0.802. The van der Waals surface area contributed by atoms with Crippen molar-refractivity contribution in [3.8, 4) is 6.07 Å². The van der Waals surface area contributed by atoms with Gasteiger partial charge in [0.05, 0.1) is 17.8 Å². The van der Waals surface area contributed by atoms with E-state index in [1.165, 1.54) is 19.0 Å². The van der Waals surface area contributed by atoms with Gasteiger partial charge in [0, 0.05) is 24.8 Å². The summed E-state index contributed by atoms with van der Waals surface area (Å²) in [6.07, 6.45) is 9.39. The average molecular weight is 421 g/mol. The van der Waals surface area contributed by atoms with Gasteiger partial charge in [0.2, 0.25) is 5.95 Å². The van der Waals surface area contributed by atoms with Crippen molar-refractivity contribution >= 4 is 17.5 Å². The summed E-state index contributed by atoms with van der Waals surface area (Å²) in [6, 6.07) is 8.82. The summed E-state index contributed by atoms with van der Waals surface area (Å²) in [5.41, 5.74) is 2.55. The molecule has 0 spiro atoms. The fraction of sp³-hybridized carbons (Fsp3) is 0.542. The van der Waals surface area contributed by atoms with Gasteiger partial charge in [0.1, 0.15) is 0 Å². The Morgan fingerprint density at radius 3 is 2.81 bits per heavy atom. The van der Waals surface area contributed by atoms with Crippen molar-refractivity contribution in [3.63, 3.8) is 0 Å². The number of nitriles is 1. The maximum atomic E-state index is 14.8. The second-order valence-electron chi connectivity index (χ2n) is 9.10. The lowest BCUT2D eigenvalue weighted by atomic mass is 9.88. The highest BCUT2D eigenvalue weighted by atomic mass is 19.1. The Kier molecular flexibility index (Phi) is 5.49. The van der Waals surface area contributed by atoms with Crippen LogP contribution in [0.2, 0.25) is 0 Å². The van der Waals surface area contributed by atoms with E-state index < -0.39 is 5.82 Å². The Bertz CT molecular complexity index is 996. The van der Waals surface area contributed by atoms with Crippen LogP contribution in [-0.4, -0.2) is 47.1 Å². The molecular weight excluding hydrogens is 391 g/mol. The topological polar surface area (TPSA) is 68.1 Å². The molecule has 0 amide bonds.